The molecule has 0 amide bonds. The molecule has 0 unspecified atom stereocenters. The lowest BCUT2D eigenvalue weighted by Crippen LogP contribution is -2.29. The van der Waals surface area contributed by atoms with Gasteiger partial charge >= 0.3 is 0 Å². The number of nitrogens with zero attached hydrogens (tertiary/aromatic N) is 2. The smallest absolute Gasteiger partial charge is 0.0923 e. The van der Waals surface area contributed by atoms with Crippen molar-refractivity contribution in [1.29, 1.82) is 0 Å². The standard InChI is InChI=1S/C8H19N2/c1-7(2)8(3)9-10(4,5)6/h7H,1-6H3/q+1. The van der Waals surface area contributed by atoms with Crippen molar-refractivity contribution < 1.29 is 4.59 Å². The van der Waals surface area contributed by atoms with Crippen molar-refractivity contribution in [3.63, 3.8) is 0 Å². The lowest BCUT2D eigenvalue weighted by molar-refractivity contribution is -0.877. The van der Waals surface area contributed by atoms with Crippen molar-refractivity contribution in [3.05, 3.63) is 0 Å². The third kappa shape index (κ3) is 4.50. The molecule has 2 heteroatoms. The molecule has 10 heavy (non-hydrogen) atoms. The van der Waals surface area contributed by atoms with E-state index in [1.807, 2.05) is 0 Å². The van der Waals surface area contributed by atoms with Gasteiger partial charge in [0.05, 0.1) is 26.9 Å². The second-order valence-electron chi connectivity index (χ2n) is 3.84. The number of hydrogen-bond donors (Lipinski definition) is 0. The lowest BCUT2D eigenvalue weighted by atomic mass is 10.1. The Morgan fingerprint density at radius 1 is 1.20 bits per heavy atom. The molecular formula is C8H19N2+. The van der Waals surface area contributed by atoms with Crippen LogP contribution in [0.2, 0.25) is 0 Å². The molecule has 0 aromatic heterocycles. The van der Waals surface area contributed by atoms with Crippen LogP contribution in [0.15, 0.2) is 5.10 Å². The van der Waals surface area contributed by atoms with Crippen LogP contribution in [-0.2, 0) is 0 Å². The fourth-order valence-electron chi connectivity index (χ4n) is 0.589. The molecule has 0 aliphatic carbocycles. The monoisotopic (exact) mass is 143 g/mol. The first kappa shape index (κ1) is 9.63. The quantitative estimate of drug-likeness (QED) is 0.317. The highest BCUT2D eigenvalue weighted by Gasteiger charge is 2.07. The Labute approximate surface area is 64.1 Å². The molecule has 0 aromatic rings. The van der Waals surface area contributed by atoms with Gasteiger partial charge in [0.2, 0.25) is 0 Å². The van der Waals surface area contributed by atoms with E-state index in [-0.39, 0.29) is 0 Å². The molecular weight excluding hydrogens is 124 g/mol. The van der Waals surface area contributed by atoms with Gasteiger partial charge in [-0.3, -0.25) is 0 Å². The van der Waals surface area contributed by atoms with E-state index in [4.69, 9.17) is 0 Å². The van der Waals surface area contributed by atoms with Crippen LogP contribution in [0.3, 0.4) is 0 Å². The maximum Gasteiger partial charge on any atom is 0.0923 e. The molecule has 0 fully saturated rings. The summed E-state index contributed by atoms with van der Waals surface area (Å²) in [7, 11) is 6.18. The van der Waals surface area contributed by atoms with Gasteiger partial charge in [-0.05, 0) is 12.8 Å². The zero-order valence-corrected chi connectivity index (χ0v) is 7.97. The summed E-state index contributed by atoms with van der Waals surface area (Å²) in [6, 6.07) is 0. The minimum atomic E-state index is 0.567. The molecule has 0 saturated carbocycles. The van der Waals surface area contributed by atoms with Gasteiger partial charge in [-0.1, -0.05) is 18.9 Å². The van der Waals surface area contributed by atoms with Crippen LogP contribution in [-0.4, -0.2) is 31.4 Å². The van der Waals surface area contributed by atoms with E-state index in [1.165, 1.54) is 5.71 Å². The zero-order chi connectivity index (χ0) is 8.36. The van der Waals surface area contributed by atoms with Crippen LogP contribution < -0.4 is 0 Å². The summed E-state index contributed by atoms with van der Waals surface area (Å²) in [4.78, 5) is 0. The van der Waals surface area contributed by atoms with Gasteiger partial charge in [0.1, 0.15) is 0 Å². The summed E-state index contributed by atoms with van der Waals surface area (Å²) in [5.74, 6) is 0.567. The van der Waals surface area contributed by atoms with Gasteiger partial charge in [0.15, 0.2) is 0 Å². The summed E-state index contributed by atoms with van der Waals surface area (Å²) in [6.07, 6.45) is 0. The first-order valence-electron chi connectivity index (χ1n) is 3.71. The fourth-order valence-corrected chi connectivity index (χ4v) is 0.589. The second kappa shape index (κ2) is 3.15. The SMILES string of the molecule is CC(=N[N+](C)(C)C)C(C)C. The first-order valence-corrected chi connectivity index (χ1v) is 3.71. The van der Waals surface area contributed by atoms with Gasteiger partial charge in [0.25, 0.3) is 0 Å². The summed E-state index contributed by atoms with van der Waals surface area (Å²) < 4.78 is 0.671. The molecule has 60 valence electrons. The average molecular weight is 143 g/mol. The third-order valence-corrected chi connectivity index (χ3v) is 1.29. The highest BCUT2D eigenvalue weighted by molar-refractivity contribution is 5.83. The van der Waals surface area contributed by atoms with E-state index in [0.29, 0.717) is 10.5 Å². The van der Waals surface area contributed by atoms with Crippen molar-refractivity contribution >= 4 is 5.71 Å². The molecule has 0 aromatic carbocycles. The number of quaternary nitrogens is 1. The Bertz CT molecular complexity index is 129. The van der Waals surface area contributed by atoms with Crippen molar-refractivity contribution in [1.82, 2.24) is 0 Å². The van der Waals surface area contributed by atoms with E-state index in [0.717, 1.165) is 0 Å². The number of hydrogen-bond acceptors (Lipinski definition) is 1. The molecule has 0 saturated heterocycles. The van der Waals surface area contributed by atoms with E-state index in [9.17, 15) is 0 Å². The average Bonchev–Trinajstić information content (AvgIpc) is 1.60. The second-order valence-corrected chi connectivity index (χ2v) is 3.84. The van der Waals surface area contributed by atoms with Crippen molar-refractivity contribution in [2.75, 3.05) is 21.1 Å². The van der Waals surface area contributed by atoms with E-state index < -0.39 is 0 Å². The molecule has 0 rings (SSSR count). The minimum Gasteiger partial charge on any atom is -0.205 e. The summed E-state index contributed by atoms with van der Waals surface area (Å²) in [5.41, 5.74) is 1.22. The summed E-state index contributed by atoms with van der Waals surface area (Å²) >= 11 is 0. The number of rotatable bonds is 2. The van der Waals surface area contributed by atoms with E-state index in [2.05, 4.69) is 47.0 Å². The van der Waals surface area contributed by atoms with Crippen molar-refractivity contribution in [2.45, 2.75) is 20.8 Å². The third-order valence-electron chi connectivity index (χ3n) is 1.29. The summed E-state index contributed by atoms with van der Waals surface area (Å²) in [5, 5.41) is 4.46. The lowest BCUT2D eigenvalue weighted by Gasteiger charge is -2.17. The Hall–Kier alpha value is -0.370. The molecule has 0 radical (unpaired) electrons. The predicted molar refractivity (Wildman–Crippen MR) is 46.0 cm³/mol. The van der Waals surface area contributed by atoms with Crippen LogP contribution in [0.25, 0.3) is 0 Å². The van der Waals surface area contributed by atoms with Crippen LogP contribution in [0, 0.1) is 5.92 Å². The zero-order valence-electron chi connectivity index (χ0n) is 7.97. The van der Waals surface area contributed by atoms with Crippen LogP contribution in [0.5, 0.6) is 0 Å². The highest BCUT2D eigenvalue weighted by atomic mass is 15.6. The molecule has 0 heterocycles. The minimum absolute atomic E-state index is 0.567. The van der Waals surface area contributed by atoms with Crippen LogP contribution in [0.1, 0.15) is 20.8 Å². The van der Waals surface area contributed by atoms with Crippen molar-refractivity contribution in [3.8, 4) is 0 Å². The largest absolute Gasteiger partial charge is 0.205 e. The Balaban J connectivity index is 4.17. The molecule has 0 atom stereocenters. The molecule has 0 spiro atoms. The summed E-state index contributed by atoms with van der Waals surface area (Å²) in [6.45, 7) is 6.40. The molecule has 0 aliphatic heterocycles. The van der Waals surface area contributed by atoms with Gasteiger partial charge < -0.3 is 0 Å². The Morgan fingerprint density at radius 3 is 1.70 bits per heavy atom. The molecule has 0 bridgehead atoms. The van der Waals surface area contributed by atoms with Crippen molar-refractivity contribution in [2.24, 2.45) is 11.0 Å². The van der Waals surface area contributed by atoms with Gasteiger partial charge in [-0.15, -0.1) is 0 Å². The Morgan fingerprint density at radius 2 is 1.60 bits per heavy atom. The van der Waals surface area contributed by atoms with E-state index in [1.54, 1.807) is 0 Å². The highest BCUT2D eigenvalue weighted by Crippen LogP contribution is 2.00. The topological polar surface area (TPSA) is 12.4 Å². The Kier molecular flexibility index (Phi) is 3.03. The molecule has 2 nitrogen and oxygen atoms in total. The first-order chi connectivity index (χ1) is 4.33. The maximum absolute atomic E-state index is 4.46. The molecule has 0 N–H and O–H groups in total. The van der Waals surface area contributed by atoms with Gasteiger partial charge in [-0.25, -0.2) is 4.59 Å². The van der Waals surface area contributed by atoms with Gasteiger partial charge in [-0.2, -0.15) is 0 Å². The van der Waals surface area contributed by atoms with E-state index >= 15 is 0 Å². The van der Waals surface area contributed by atoms with Crippen LogP contribution >= 0.6 is 0 Å². The van der Waals surface area contributed by atoms with Crippen LogP contribution in [0.4, 0.5) is 0 Å². The maximum atomic E-state index is 4.46. The van der Waals surface area contributed by atoms with Gasteiger partial charge in [0, 0.05) is 0 Å². The fraction of sp³-hybridized carbons (Fsp3) is 0.875. The normalized spacial score (nSPS) is 14.5. The molecule has 0 aliphatic rings. The predicted octanol–water partition coefficient (Wildman–Crippen LogP) is 1.72.